The van der Waals surface area contributed by atoms with Crippen LogP contribution in [0.15, 0.2) is 36.4 Å². The van der Waals surface area contributed by atoms with Crippen LogP contribution in [0.25, 0.3) is 0 Å². The molecule has 8 nitrogen and oxygen atoms in total. The van der Waals surface area contributed by atoms with Gasteiger partial charge in [0.15, 0.2) is 0 Å². The van der Waals surface area contributed by atoms with E-state index >= 15 is 0 Å². The monoisotopic (exact) mass is 383 g/mol. The lowest BCUT2D eigenvalue weighted by molar-refractivity contribution is -0.120. The number of carbonyl (C=O) groups is 2. The van der Waals surface area contributed by atoms with Gasteiger partial charge in [0.25, 0.3) is 0 Å². The third-order valence-corrected chi connectivity index (χ3v) is 4.77. The molecule has 1 aliphatic heterocycles. The maximum Gasteiger partial charge on any atom is 0.547 e. The van der Waals surface area contributed by atoms with Crippen molar-refractivity contribution in [1.29, 1.82) is 0 Å². The number of carboxylic acids is 1. The second kappa shape index (κ2) is 8.43. The van der Waals surface area contributed by atoms with E-state index in [1.165, 1.54) is 6.07 Å². The summed E-state index contributed by atoms with van der Waals surface area (Å²) in [5, 5.41) is 22.2. The molecule has 146 valence electrons. The van der Waals surface area contributed by atoms with Crippen LogP contribution in [0.3, 0.4) is 0 Å². The molecule has 0 radical (unpaired) electrons. The largest absolute Gasteiger partial charge is 0.547 e. The summed E-state index contributed by atoms with van der Waals surface area (Å²) in [6.07, 6.45) is 0.382. The molecule has 0 aliphatic carbocycles. The van der Waals surface area contributed by atoms with Gasteiger partial charge in [0.1, 0.15) is 5.75 Å². The van der Waals surface area contributed by atoms with E-state index < -0.39 is 19.0 Å². The third kappa shape index (κ3) is 4.17. The summed E-state index contributed by atoms with van der Waals surface area (Å²) in [4.78, 5) is 23.7. The molecule has 1 heterocycles. The molecular formula is C19H22BN3O5. The van der Waals surface area contributed by atoms with Crippen LogP contribution in [-0.2, 0) is 30.7 Å². The number of aromatic carboxylic acids is 1. The van der Waals surface area contributed by atoms with E-state index in [4.69, 9.17) is 16.1 Å². The van der Waals surface area contributed by atoms with Gasteiger partial charge in [0.05, 0.1) is 17.9 Å². The Labute approximate surface area is 162 Å². The first-order valence-electron chi connectivity index (χ1n) is 8.93. The first-order valence-corrected chi connectivity index (χ1v) is 8.93. The maximum absolute atomic E-state index is 12.4. The van der Waals surface area contributed by atoms with Gasteiger partial charge in [-0.05, 0) is 34.7 Å². The number of benzene rings is 2. The van der Waals surface area contributed by atoms with Gasteiger partial charge in [0.2, 0.25) is 5.91 Å². The van der Waals surface area contributed by atoms with Crippen molar-refractivity contribution in [3.63, 3.8) is 0 Å². The van der Waals surface area contributed by atoms with E-state index in [2.05, 4.69) is 5.32 Å². The van der Waals surface area contributed by atoms with Crippen molar-refractivity contribution in [2.24, 2.45) is 11.5 Å². The standard InChI is InChI=1S/C19H22BN3O5/c21-9-13-5-4-11(6-14(13)10-22)7-17(24)23-16-8-12-2-1-3-15(19(25)26)18(12)28-20(16)27/h1-6,16,27H,7-10,21-22H2,(H,23,24)(H,25,26)/t16-/m0/s1. The molecule has 0 saturated carbocycles. The van der Waals surface area contributed by atoms with E-state index in [1.807, 2.05) is 18.2 Å². The van der Waals surface area contributed by atoms with Gasteiger partial charge in [-0.2, -0.15) is 0 Å². The zero-order chi connectivity index (χ0) is 20.3. The van der Waals surface area contributed by atoms with E-state index in [9.17, 15) is 19.7 Å². The van der Waals surface area contributed by atoms with Crippen LogP contribution in [0.1, 0.15) is 32.6 Å². The topological polar surface area (TPSA) is 148 Å². The SMILES string of the molecule is NCc1ccc(CC(=O)N[C@H]2Cc3cccc(C(=O)O)c3OB2O)cc1CN. The predicted molar refractivity (Wildman–Crippen MR) is 104 cm³/mol. The number of rotatable bonds is 6. The molecule has 0 bridgehead atoms. The molecule has 2 aromatic carbocycles. The summed E-state index contributed by atoms with van der Waals surface area (Å²) in [7, 11) is -1.34. The summed E-state index contributed by atoms with van der Waals surface area (Å²) in [5.41, 5.74) is 14.6. The smallest absolute Gasteiger partial charge is 0.534 e. The van der Waals surface area contributed by atoms with Crippen LogP contribution in [0.4, 0.5) is 0 Å². The van der Waals surface area contributed by atoms with Crippen molar-refractivity contribution < 1.29 is 24.4 Å². The summed E-state index contributed by atoms with van der Waals surface area (Å²) in [6.45, 7) is 0.711. The number of hydrogen-bond acceptors (Lipinski definition) is 6. The Kier molecular flexibility index (Phi) is 5.98. The Morgan fingerprint density at radius 3 is 2.61 bits per heavy atom. The van der Waals surface area contributed by atoms with Gasteiger partial charge in [-0.15, -0.1) is 0 Å². The predicted octanol–water partition coefficient (Wildman–Crippen LogP) is -0.0157. The van der Waals surface area contributed by atoms with Crippen LogP contribution in [0.5, 0.6) is 5.75 Å². The maximum atomic E-state index is 12.4. The number of fused-ring (bicyclic) bond motifs is 1. The lowest BCUT2D eigenvalue weighted by atomic mass is 9.72. The highest BCUT2D eigenvalue weighted by Gasteiger charge is 2.37. The minimum Gasteiger partial charge on any atom is -0.534 e. The zero-order valence-electron chi connectivity index (χ0n) is 15.2. The first-order chi connectivity index (χ1) is 13.4. The fourth-order valence-corrected chi connectivity index (χ4v) is 3.34. The quantitative estimate of drug-likeness (QED) is 0.441. The molecular weight excluding hydrogens is 361 g/mol. The second-order valence-electron chi connectivity index (χ2n) is 6.67. The van der Waals surface area contributed by atoms with Gasteiger partial charge in [0, 0.05) is 13.1 Å². The molecule has 1 atom stereocenters. The van der Waals surface area contributed by atoms with E-state index in [-0.39, 0.29) is 30.1 Å². The highest BCUT2D eigenvalue weighted by molar-refractivity contribution is 6.47. The summed E-state index contributed by atoms with van der Waals surface area (Å²) < 4.78 is 5.38. The Bertz CT molecular complexity index is 905. The van der Waals surface area contributed by atoms with Gasteiger partial charge in [-0.1, -0.05) is 30.3 Å². The van der Waals surface area contributed by atoms with Crippen molar-refractivity contribution in [3.05, 3.63) is 64.2 Å². The van der Waals surface area contributed by atoms with Gasteiger partial charge >= 0.3 is 13.1 Å². The molecule has 9 heteroatoms. The molecule has 1 aliphatic rings. The molecule has 0 unspecified atom stereocenters. The first kappa shape index (κ1) is 19.9. The number of carbonyl (C=O) groups excluding carboxylic acids is 1. The molecule has 0 spiro atoms. The van der Waals surface area contributed by atoms with Crippen molar-refractivity contribution >= 4 is 19.0 Å². The van der Waals surface area contributed by atoms with Crippen LogP contribution < -0.4 is 21.4 Å². The fraction of sp³-hybridized carbons (Fsp3) is 0.263. The van der Waals surface area contributed by atoms with Crippen molar-refractivity contribution in [1.82, 2.24) is 5.32 Å². The van der Waals surface area contributed by atoms with Crippen molar-refractivity contribution in [2.75, 3.05) is 0 Å². The number of nitrogens with two attached hydrogens (primary N) is 2. The summed E-state index contributed by atoms with van der Waals surface area (Å²) in [6, 6.07) is 10.3. The zero-order valence-corrected chi connectivity index (χ0v) is 15.2. The average Bonchev–Trinajstić information content (AvgIpc) is 2.67. The second-order valence-corrected chi connectivity index (χ2v) is 6.67. The summed E-state index contributed by atoms with van der Waals surface area (Å²) in [5.74, 6) is -1.96. The van der Waals surface area contributed by atoms with Crippen molar-refractivity contribution in [3.8, 4) is 5.75 Å². The van der Waals surface area contributed by atoms with Crippen molar-refractivity contribution in [2.45, 2.75) is 31.9 Å². The molecule has 1 amide bonds. The Balaban J connectivity index is 1.70. The van der Waals surface area contributed by atoms with Gasteiger partial charge in [-0.3, -0.25) is 4.79 Å². The Morgan fingerprint density at radius 2 is 1.93 bits per heavy atom. The lowest BCUT2D eigenvalue weighted by Gasteiger charge is -2.29. The molecule has 28 heavy (non-hydrogen) atoms. The van der Waals surface area contributed by atoms with E-state index in [0.29, 0.717) is 18.7 Å². The van der Waals surface area contributed by atoms with Gasteiger partial charge in [-0.25, -0.2) is 4.79 Å². The molecule has 0 aromatic heterocycles. The Hall–Kier alpha value is -2.88. The van der Waals surface area contributed by atoms with E-state index in [1.54, 1.807) is 12.1 Å². The highest BCUT2D eigenvalue weighted by atomic mass is 16.5. The van der Waals surface area contributed by atoms with Crippen LogP contribution in [0, 0.1) is 0 Å². The minimum atomic E-state index is -1.34. The number of para-hydroxylation sites is 1. The van der Waals surface area contributed by atoms with E-state index in [0.717, 1.165) is 16.7 Å². The Morgan fingerprint density at radius 1 is 1.18 bits per heavy atom. The van der Waals surface area contributed by atoms with Crippen LogP contribution >= 0.6 is 0 Å². The number of carboxylic acid groups (broad SMARTS) is 1. The molecule has 2 aromatic rings. The third-order valence-electron chi connectivity index (χ3n) is 4.77. The van der Waals surface area contributed by atoms with Gasteiger partial charge < -0.3 is 31.6 Å². The summed E-state index contributed by atoms with van der Waals surface area (Å²) >= 11 is 0. The fourth-order valence-electron chi connectivity index (χ4n) is 3.34. The molecule has 3 rings (SSSR count). The molecule has 0 saturated heterocycles. The normalized spacial score (nSPS) is 15.5. The minimum absolute atomic E-state index is 0.0179. The van der Waals surface area contributed by atoms with Crippen LogP contribution in [0.2, 0.25) is 0 Å². The number of amides is 1. The number of nitrogens with one attached hydrogen (secondary N) is 1. The van der Waals surface area contributed by atoms with Crippen LogP contribution in [-0.4, -0.2) is 35.1 Å². The molecule has 0 fully saturated rings. The lowest BCUT2D eigenvalue weighted by Crippen LogP contribution is -2.53. The highest BCUT2D eigenvalue weighted by Crippen LogP contribution is 2.30. The number of hydrogen-bond donors (Lipinski definition) is 5. The molecule has 7 N–H and O–H groups in total. The average molecular weight is 383 g/mol.